The van der Waals surface area contributed by atoms with Gasteiger partial charge in [0.1, 0.15) is 0 Å². The van der Waals surface area contributed by atoms with Crippen molar-refractivity contribution in [3.63, 3.8) is 0 Å². The number of thiazole rings is 1. The van der Waals surface area contributed by atoms with Crippen molar-refractivity contribution in [2.45, 2.75) is 10.4 Å². The first kappa shape index (κ1) is 27.2. The van der Waals surface area contributed by atoms with E-state index in [0.717, 1.165) is 25.7 Å². The summed E-state index contributed by atoms with van der Waals surface area (Å²) >= 11 is 2.88. The average molecular weight is 570 g/mol. The van der Waals surface area contributed by atoms with E-state index in [0.29, 0.717) is 22.7 Å². The largest absolute Gasteiger partial charge is 0.493 e. The summed E-state index contributed by atoms with van der Waals surface area (Å²) in [5.74, 6) is 0.934. The van der Waals surface area contributed by atoms with E-state index in [1.54, 1.807) is 25.3 Å². The van der Waals surface area contributed by atoms with Crippen LogP contribution in [0.4, 0.5) is 5.69 Å². The Morgan fingerprint density at radius 1 is 0.850 bits per heavy atom. The number of ether oxygens (including phenoxy) is 2. The second-order valence-corrected chi connectivity index (χ2v) is 11.0. The van der Waals surface area contributed by atoms with Crippen LogP contribution in [0, 0.1) is 0 Å². The summed E-state index contributed by atoms with van der Waals surface area (Å²) in [6.07, 6.45) is 0. The molecule has 0 radical (unpaired) electrons. The van der Waals surface area contributed by atoms with Crippen LogP contribution in [-0.2, 0) is 4.79 Å². The summed E-state index contributed by atoms with van der Waals surface area (Å²) in [6.45, 7) is 0. The molecule has 9 heteroatoms. The van der Waals surface area contributed by atoms with E-state index < -0.39 is 0 Å². The van der Waals surface area contributed by atoms with Crippen LogP contribution in [0.5, 0.6) is 11.5 Å². The molecular weight excluding hydrogens is 542 g/mol. The molecule has 1 heterocycles. The normalized spacial score (nSPS) is 10.9. The van der Waals surface area contributed by atoms with E-state index in [1.807, 2.05) is 78.9 Å². The van der Waals surface area contributed by atoms with Gasteiger partial charge in [0.2, 0.25) is 5.91 Å². The van der Waals surface area contributed by atoms with E-state index >= 15 is 0 Å². The van der Waals surface area contributed by atoms with Gasteiger partial charge in [-0.25, -0.2) is 4.98 Å². The van der Waals surface area contributed by atoms with Crippen LogP contribution >= 0.6 is 23.1 Å². The number of hydrogen-bond donors (Lipinski definition) is 2. The third-order valence-corrected chi connectivity index (χ3v) is 8.33. The maximum atomic E-state index is 13.0. The number of rotatable bonds is 10. The van der Waals surface area contributed by atoms with Crippen LogP contribution < -0.4 is 20.1 Å². The Morgan fingerprint density at radius 2 is 1.52 bits per heavy atom. The van der Waals surface area contributed by atoms with E-state index in [-0.39, 0.29) is 23.6 Å². The van der Waals surface area contributed by atoms with Crippen molar-refractivity contribution >= 4 is 50.8 Å². The number of hydrogen-bond acceptors (Lipinski definition) is 7. The number of benzene rings is 4. The second kappa shape index (κ2) is 12.7. The highest BCUT2D eigenvalue weighted by Gasteiger charge is 2.18. The van der Waals surface area contributed by atoms with E-state index in [1.165, 1.54) is 30.2 Å². The van der Waals surface area contributed by atoms with Crippen molar-refractivity contribution in [1.82, 2.24) is 10.3 Å². The summed E-state index contributed by atoms with van der Waals surface area (Å²) in [6, 6.07) is 30.2. The lowest BCUT2D eigenvalue weighted by Gasteiger charge is -2.19. The lowest BCUT2D eigenvalue weighted by molar-refractivity contribution is -0.119. The highest BCUT2D eigenvalue weighted by atomic mass is 32.2. The fraction of sp³-hybridized carbons (Fsp3) is 0.129. The molecule has 0 bridgehead atoms. The fourth-order valence-electron chi connectivity index (χ4n) is 4.20. The first-order valence-electron chi connectivity index (χ1n) is 12.5. The van der Waals surface area contributed by atoms with Crippen LogP contribution in [0.3, 0.4) is 0 Å². The van der Waals surface area contributed by atoms with Gasteiger partial charge in [0, 0.05) is 11.3 Å². The molecule has 0 aliphatic carbocycles. The SMILES string of the molecule is COc1ccc(C(=O)Nc2ccc3nc(SCC(=O)NC(c4ccccc4)c4ccccc4)sc3c2)cc1OC. The van der Waals surface area contributed by atoms with Gasteiger partial charge in [0.05, 0.1) is 36.2 Å². The second-order valence-electron chi connectivity index (χ2n) is 8.80. The lowest BCUT2D eigenvalue weighted by Crippen LogP contribution is -2.30. The molecule has 0 aliphatic heterocycles. The zero-order valence-electron chi connectivity index (χ0n) is 21.9. The van der Waals surface area contributed by atoms with Gasteiger partial charge in [0.25, 0.3) is 5.91 Å². The molecule has 0 spiro atoms. The van der Waals surface area contributed by atoms with E-state index in [2.05, 4.69) is 15.6 Å². The van der Waals surface area contributed by atoms with E-state index in [4.69, 9.17) is 9.47 Å². The molecule has 5 aromatic rings. The van der Waals surface area contributed by atoms with Gasteiger partial charge in [-0.1, -0.05) is 72.4 Å². The molecule has 1 aromatic heterocycles. The number of carbonyl (C=O) groups excluding carboxylic acids is 2. The number of anilines is 1. The molecule has 2 amide bonds. The minimum atomic E-state index is -0.262. The van der Waals surface area contributed by atoms with Crippen LogP contribution in [0.15, 0.2) is 101 Å². The lowest BCUT2D eigenvalue weighted by atomic mass is 9.99. The Labute approximate surface area is 240 Å². The summed E-state index contributed by atoms with van der Waals surface area (Å²) in [5, 5.41) is 6.09. The summed E-state index contributed by atoms with van der Waals surface area (Å²) in [5.41, 5.74) is 3.96. The first-order valence-corrected chi connectivity index (χ1v) is 14.3. The van der Waals surface area contributed by atoms with Crippen LogP contribution in [0.25, 0.3) is 10.2 Å². The number of thioether (sulfide) groups is 1. The van der Waals surface area contributed by atoms with Gasteiger partial charge in [-0.05, 0) is 47.5 Å². The Hall–Kier alpha value is -4.34. The smallest absolute Gasteiger partial charge is 0.255 e. The number of methoxy groups -OCH3 is 2. The molecule has 0 saturated carbocycles. The number of nitrogens with zero attached hydrogens (tertiary/aromatic N) is 1. The Kier molecular flexibility index (Phi) is 8.63. The average Bonchev–Trinajstić information content (AvgIpc) is 3.41. The fourth-order valence-corrected chi connectivity index (χ4v) is 6.12. The van der Waals surface area contributed by atoms with Crippen molar-refractivity contribution in [3.8, 4) is 11.5 Å². The first-order chi connectivity index (χ1) is 19.5. The summed E-state index contributed by atoms with van der Waals surface area (Å²) in [4.78, 5) is 30.4. The standard InChI is InChI=1S/C31H27N3O4S2/c1-37-25-16-13-22(17-26(25)38-2)30(36)32-23-14-15-24-27(18-23)40-31(33-24)39-19-28(35)34-29(20-9-5-3-6-10-20)21-11-7-4-8-12-21/h3-18,29H,19H2,1-2H3,(H,32,36)(H,34,35). The molecule has 5 rings (SSSR count). The zero-order valence-corrected chi connectivity index (χ0v) is 23.6. The van der Waals surface area contributed by atoms with Crippen molar-refractivity contribution < 1.29 is 19.1 Å². The van der Waals surface area contributed by atoms with Gasteiger partial charge >= 0.3 is 0 Å². The number of fused-ring (bicyclic) bond motifs is 1. The molecule has 2 N–H and O–H groups in total. The van der Waals surface area contributed by atoms with Gasteiger partial charge in [0.15, 0.2) is 15.8 Å². The third kappa shape index (κ3) is 6.44. The molecule has 0 unspecified atom stereocenters. The van der Waals surface area contributed by atoms with Crippen molar-refractivity contribution in [3.05, 3.63) is 114 Å². The Bertz CT molecular complexity index is 1580. The maximum Gasteiger partial charge on any atom is 0.255 e. The molecule has 0 aliphatic rings. The topological polar surface area (TPSA) is 89.5 Å². The predicted octanol–water partition coefficient (Wildman–Crippen LogP) is 6.56. The Morgan fingerprint density at radius 3 is 2.17 bits per heavy atom. The van der Waals surface area contributed by atoms with Crippen molar-refractivity contribution in [2.24, 2.45) is 0 Å². The van der Waals surface area contributed by atoms with Gasteiger partial charge in [-0.3, -0.25) is 9.59 Å². The molecule has 7 nitrogen and oxygen atoms in total. The number of aromatic nitrogens is 1. The zero-order chi connectivity index (χ0) is 27.9. The molecule has 40 heavy (non-hydrogen) atoms. The van der Waals surface area contributed by atoms with Gasteiger partial charge in [-0.15, -0.1) is 11.3 Å². The van der Waals surface area contributed by atoms with Gasteiger partial charge in [-0.2, -0.15) is 0 Å². The molecular formula is C31H27N3O4S2. The third-order valence-electron chi connectivity index (χ3n) is 6.17. The minimum absolute atomic E-state index is 0.0789. The maximum absolute atomic E-state index is 13.0. The van der Waals surface area contributed by atoms with Crippen molar-refractivity contribution in [1.29, 1.82) is 0 Å². The van der Waals surface area contributed by atoms with Crippen LogP contribution in [0.1, 0.15) is 27.5 Å². The Balaban J connectivity index is 1.24. The van der Waals surface area contributed by atoms with Gasteiger partial charge < -0.3 is 20.1 Å². The monoisotopic (exact) mass is 569 g/mol. The number of carbonyl (C=O) groups is 2. The number of nitrogens with one attached hydrogen (secondary N) is 2. The van der Waals surface area contributed by atoms with E-state index in [9.17, 15) is 9.59 Å². The predicted molar refractivity (Wildman–Crippen MR) is 161 cm³/mol. The summed E-state index contributed by atoms with van der Waals surface area (Å²) < 4.78 is 12.2. The molecule has 0 fully saturated rings. The van der Waals surface area contributed by atoms with Crippen LogP contribution in [0.2, 0.25) is 0 Å². The van der Waals surface area contributed by atoms with Crippen molar-refractivity contribution in [2.75, 3.05) is 25.3 Å². The molecule has 202 valence electrons. The highest BCUT2D eigenvalue weighted by Crippen LogP contribution is 2.32. The molecule has 0 saturated heterocycles. The molecule has 4 aromatic carbocycles. The number of amides is 2. The minimum Gasteiger partial charge on any atom is -0.493 e. The summed E-state index contributed by atoms with van der Waals surface area (Å²) in [7, 11) is 3.08. The van der Waals surface area contributed by atoms with Crippen LogP contribution in [-0.4, -0.2) is 36.8 Å². The highest BCUT2D eigenvalue weighted by molar-refractivity contribution is 8.01. The quantitative estimate of drug-likeness (QED) is 0.185. The molecule has 0 atom stereocenters.